The van der Waals surface area contributed by atoms with Crippen LogP contribution in [0.15, 0.2) is 18.2 Å². The first kappa shape index (κ1) is 20.3. The van der Waals surface area contributed by atoms with Gasteiger partial charge in [0.15, 0.2) is 0 Å². The Kier molecular flexibility index (Phi) is 6.28. The molecule has 2 aromatic heterocycles. The van der Waals surface area contributed by atoms with E-state index in [9.17, 15) is 9.59 Å². The molecule has 2 aromatic rings. The summed E-state index contributed by atoms with van der Waals surface area (Å²) in [5.41, 5.74) is 0.970. The van der Waals surface area contributed by atoms with Crippen LogP contribution in [0.3, 0.4) is 0 Å². The second-order valence-corrected chi connectivity index (χ2v) is 8.50. The van der Waals surface area contributed by atoms with Crippen molar-refractivity contribution in [2.75, 3.05) is 31.1 Å². The minimum absolute atomic E-state index is 0.0560. The van der Waals surface area contributed by atoms with Crippen LogP contribution in [0.5, 0.6) is 0 Å². The minimum Gasteiger partial charge on any atom is -0.353 e. The van der Waals surface area contributed by atoms with E-state index in [-0.39, 0.29) is 17.7 Å². The first-order valence-electron chi connectivity index (χ1n) is 9.56. The second kappa shape index (κ2) is 8.68. The number of hydrogen-bond acceptors (Lipinski definition) is 6. The van der Waals surface area contributed by atoms with Crippen LogP contribution < -0.4 is 10.2 Å². The van der Waals surface area contributed by atoms with Crippen molar-refractivity contribution >= 4 is 29.0 Å². The van der Waals surface area contributed by atoms with E-state index in [0.29, 0.717) is 24.5 Å². The number of carbonyl (C=O) groups excluding carboxylic acids is 2. The molecule has 150 valence electrons. The molecule has 0 atom stereocenters. The Morgan fingerprint density at radius 2 is 1.89 bits per heavy atom. The largest absolute Gasteiger partial charge is 0.353 e. The number of carbonyl (C=O) groups is 2. The van der Waals surface area contributed by atoms with Gasteiger partial charge in [-0.15, -0.1) is 11.3 Å². The lowest BCUT2D eigenvalue weighted by molar-refractivity contribution is -0.119. The lowest BCUT2D eigenvalue weighted by Gasteiger charge is -2.35. The molecule has 3 rings (SSSR count). The lowest BCUT2D eigenvalue weighted by atomic mass is 10.2. The first-order valence-corrected chi connectivity index (χ1v) is 10.4. The lowest BCUT2D eigenvalue weighted by Crippen LogP contribution is -2.49. The minimum atomic E-state index is -0.0713. The van der Waals surface area contributed by atoms with Crippen molar-refractivity contribution in [1.82, 2.24) is 20.2 Å². The Hall–Kier alpha value is -2.48. The zero-order valence-electron chi connectivity index (χ0n) is 16.9. The van der Waals surface area contributed by atoms with Crippen LogP contribution in [0.4, 0.5) is 5.82 Å². The van der Waals surface area contributed by atoms with Crippen molar-refractivity contribution in [3.05, 3.63) is 39.5 Å². The van der Waals surface area contributed by atoms with E-state index in [4.69, 9.17) is 4.98 Å². The highest BCUT2D eigenvalue weighted by atomic mass is 32.1. The second-order valence-electron chi connectivity index (χ2n) is 7.34. The van der Waals surface area contributed by atoms with Gasteiger partial charge in [0.05, 0.1) is 11.4 Å². The van der Waals surface area contributed by atoms with E-state index in [0.717, 1.165) is 35.3 Å². The van der Waals surface area contributed by atoms with Crippen LogP contribution >= 0.6 is 11.3 Å². The van der Waals surface area contributed by atoms with E-state index in [1.165, 1.54) is 18.3 Å². The molecule has 0 aromatic carbocycles. The summed E-state index contributed by atoms with van der Waals surface area (Å²) < 4.78 is 0. The predicted octanol–water partition coefficient (Wildman–Crippen LogP) is 2.57. The normalized spacial score (nSPS) is 14.5. The highest BCUT2D eigenvalue weighted by molar-refractivity contribution is 7.14. The molecule has 2 amide bonds. The number of nitrogens with one attached hydrogen (secondary N) is 1. The van der Waals surface area contributed by atoms with Gasteiger partial charge in [-0.05, 0) is 19.1 Å². The van der Waals surface area contributed by atoms with Crippen molar-refractivity contribution in [2.24, 2.45) is 0 Å². The average Bonchev–Trinajstić information content (AvgIpc) is 3.14. The molecule has 0 aliphatic carbocycles. The number of rotatable bonds is 5. The summed E-state index contributed by atoms with van der Waals surface area (Å²) in [6.07, 6.45) is 0. The fourth-order valence-corrected chi connectivity index (χ4v) is 4.00. The molecule has 1 N–H and O–H groups in total. The van der Waals surface area contributed by atoms with Gasteiger partial charge in [-0.3, -0.25) is 9.59 Å². The van der Waals surface area contributed by atoms with Gasteiger partial charge in [-0.2, -0.15) is 0 Å². The highest BCUT2D eigenvalue weighted by Gasteiger charge is 2.24. The molecular formula is C20H27N5O2S. The van der Waals surface area contributed by atoms with Crippen LogP contribution in [-0.4, -0.2) is 52.9 Å². The summed E-state index contributed by atoms with van der Waals surface area (Å²) >= 11 is 1.44. The molecule has 0 radical (unpaired) electrons. The van der Waals surface area contributed by atoms with E-state index < -0.39 is 0 Å². The Morgan fingerprint density at radius 1 is 1.18 bits per heavy atom. The number of thiophene rings is 1. The smallest absolute Gasteiger partial charge is 0.264 e. The topological polar surface area (TPSA) is 78.4 Å². The average molecular weight is 402 g/mol. The number of nitrogens with zero attached hydrogens (tertiary/aromatic N) is 4. The Balaban J connectivity index is 1.61. The molecule has 0 bridgehead atoms. The molecule has 0 unspecified atom stereocenters. The quantitative estimate of drug-likeness (QED) is 0.833. The molecule has 0 spiro atoms. The number of aromatic nitrogens is 2. The van der Waals surface area contributed by atoms with Gasteiger partial charge < -0.3 is 15.1 Å². The summed E-state index contributed by atoms with van der Waals surface area (Å²) in [7, 11) is 0. The van der Waals surface area contributed by atoms with Crippen molar-refractivity contribution in [2.45, 2.75) is 40.2 Å². The fourth-order valence-electron chi connectivity index (χ4n) is 3.09. The van der Waals surface area contributed by atoms with Crippen LogP contribution in [0, 0.1) is 6.92 Å². The third-order valence-corrected chi connectivity index (χ3v) is 5.72. The van der Waals surface area contributed by atoms with Gasteiger partial charge in [-0.1, -0.05) is 13.8 Å². The van der Waals surface area contributed by atoms with Gasteiger partial charge in [0.2, 0.25) is 5.91 Å². The van der Waals surface area contributed by atoms with E-state index in [1.807, 2.05) is 30.0 Å². The van der Waals surface area contributed by atoms with E-state index in [1.54, 1.807) is 0 Å². The molecular weight excluding hydrogens is 374 g/mol. The van der Waals surface area contributed by atoms with Crippen LogP contribution in [0.25, 0.3) is 0 Å². The zero-order chi connectivity index (χ0) is 20.3. The summed E-state index contributed by atoms with van der Waals surface area (Å²) in [6, 6.07) is 5.76. The third kappa shape index (κ3) is 4.86. The SMILES string of the molecule is CC(=O)NCc1ccc(C(=O)N2CCN(c3cc(C)nc(C(C)C)n3)CC2)s1. The molecule has 0 saturated carbocycles. The Bertz CT molecular complexity index is 856. The summed E-state index contributed by atoms with van der Waals surface area (Å²) in [5.74, 6) is 2.07. The molecule has 7 nitrogen and oxygen atoms in total. The number of aryl methyl sites for hydroxylation is 1. The van der Waals surface area contributed by atoms with Crippen molar-refractivity contribution in [3.63, 3.8) is 0 Å². The van der Waals surface area contributed by atoms with Gasteiger partial charge >= 0.3 is 0 Å². The fraction of sp³-hybridized carbons (Fsp3) is 0.500. The maximum absolute atomic E-state index is 12.8. The number of hydrogen-bond donors (Lipinski definition) is 1. The van der Waals surface area contributed by atoms with E-state index in [2.05, 4.69) is 29.0 Å². The van der Waals surface area contributed by atoms with Crippen molar-refractivity contribution < 1.29 is 9.59 Å². The Labute approximate surface area is 169 Å². The number of amides is 2. The standard InChI is InChI=1S/C20H27N5O2S/c1-13(2)19-22-14(3)11-18(23-19)24-7-9-25(10-8-24)20(27)17-6-5-16(28-17)12-21-15(4)26/h5-6,11,13H,7-10,12H2,1-4H3,(H,21,26). The zero-order valence-corrected chi connectivity index (χ0v) is 17.7. The van der Waals surface area contributed by atoms with Crippen LogP contribution in [0.2, 0.25) is 0 Å². The van der Waals surface area contributed by atoms with Gasteiger partial charge in [-0.25, -0.2) is 9.97 Å². The van der Waals surface area contributed by atoms with Crippen molar-refractivity contribution in [1.29, 1.82) is 0 Å². The molecule has 8 heteroatoms. The molecule has 1 saturated heterocycles. The summed E-state index contributed by atoms with van der Waals surface area (Å²) in [5, 5.41) is 2.76. The van der Waals surface area contributed by atoms with E-state index >= 15 is 0 Å². The molecule has 1 aliphatic heterocycles. The molecule has 28 heavy (non-hydrogen) atoms. The monoisotopic (exact) mass is 401 g/mol. The van der Waals surface area contributed by atoms with Gasteiger partial charge in [0.25, 0.3) is 5.91 Å². The van der Waals surface area contributed by atoms with Gasteiger partial charge in [0.1, 0.15) is 11.6 Å². The molecule has 3 heterocycles. The maximum atomic E-state index is 12.8. The third-order valence-electron chi connectivity index (χ3n) is 4.65. The number of anilines is 1. The summed E-state index contributed by atoms with van der Waals surface area (Å²) in [4.78, 5) is 38.9. The van der Waals surface area contributed by atoms with Gasteiger partial charge in [0, 0.05) is 55.7 Å². The predicted molar refractivity (Wildman–Crippen MR) is 111 cm³/mol. The maximum Gasteiger partial charge on any atom is 0.264 e. The van der Waals surface area contributed by atoms with Crippen LogP contribution in [0.1, 0.15) is 52.8 Å². The molecule has 1 fully saturated rings. The highest BCUT2D eigenvalue weighted by Crippen LogP contribution is 2.22. The van der Waals surface area contributed by atoms with Crippen molar-refractivity contribution in [3.8, 4) is 0 Å². The Morgan fingerprint density at radius 3 is 2.54 bits per heavy atom. The van der Waals surface area contributed by atoms with Crippen LogP contribution in [-0.2, 0) is 11.3 Å². The number of piperazine rings is 1. The first-order chi connectivity index (χ1) is 13.3. The molecule has 1 aliphatic rings. The summed E-state index contributed by atoms with van der Waals surface area (Å²) in [6.45, 7) is 11.0.